The van der Waals surface area contributed by atoms with Crippen LogP contribution in [-0.2, 0) is 0 Å². The zero-order valence-corrected chi connectivity index (χ0v) is 13.0. The van der Waals surface area contributed by atoms with Crippen LogP contribution < -0.4 is 11.1 Å². The van der Waals surface area contributed by atoms with E-state index in [9.17, 15) is 0 Å². The highest BCUT2D eigenvalue weighted by Gasteiger charge is 2.05. The van der Waals surface area contributed by atoms with Gasteiger partial charge in [-0.3, -0.25) is 0 Å². The van der Waals surface area contributed by atoms with Crippen molar-refractivity contribution in [3.63, 3.8) is 0 Å². The summed E-state index contributed by atoms with van der Waals surface area (Å²) in [4.78, 5) is 0. The molecule has 0 aliphatic carbocycles. The van der Waals surface area contributed by atoms with Crippen LogP contribution in [0.3, 0.4) is 0 Å². The van der Waals surface area contributed by atoms with Gasteiger partial charge in [-0.1, -0.05) is 12.1 Å². The lowest BCUT2D eigenvalue weighted by Gasteiger charge is -2.12. The van der Waals surface area contributed by atoms with Gasteiger partial charge in [-0.2, -0.15) is 0 Å². The average Bonchev–Trinajstić information content (AvgIpc) is 3.31. The number of hydrogen-bond acceptors (Lipinski definition) is 3. The molecule has 4 nitrogen and oxygen atoms in total. The average molecular weight is 315 g/mol. The van der Waals surface area contributed by atoms with E-state index >= 15 is 0 Å². The number of benzene rings is 2. The van der Waals surface area contributed by atoms with Crippen molar-refractivity contribution >= 4 is 17.1 Å². The Morgan fingerprint density at radius 2 is 1.75 bits per heavy atom. The Balaban J connectivity index is 1.61. The van der Waals surface area contributed by atoms with Crippen LogP contribution in [0.1, 0.15) is 0 Å². The molecular formula is C20H17N3O. The van der Waals surface area contributed by atoms with Gasteiger partial charge in [0.25, 0.3) is 0 Å². The molecule has 0 atom stereocenters. The number of aromatic nitrogens is 1. The molecule has 3 N–H and O–H groups in total. The smallest absolute Gasteiger partial charge is 0.0980 e. The van der Waals surface area contributed by atoms with Gasteiger partial charge in [0.1, 0.15) is 0 Å². The zero-order chi connectivity index (χ0) is 16.4. The van der Waals surface area contributed by atoms with Gasteiger partial charge < -0.3 is 20.0 Å². The molecule has 4 heteroatoms. The Morgan fingerprint density at radius 3 is 2.50 bits per heavy atom. The van der Waals surface area contributed by atoms with Gasteiger partial charge in [0.15, 0.2) is 0 Å². The minimum atomic E-state index is 0.695. The Labute approximate surface area is 140 Å². The molecule has 0 amide bonds. The third-order valence-corrected chi connectivity index (χ3v) is 3.93. The summed E-state index contributed by atoms with van der Waals surface area (Å²) in [6.45, 7) is 0. The molecule has 24 heavy (non-hydrogen) atoms. The summed E-state index contributed by atoms with van der Waals surface area (Å²) in [7, 11) is 0. The highest BCUT2D eigenvalue weighted by Crippen LogP contribution is 2.29. The minimum Gasteiger partial charge on any atom is -0.472 e. The van der Waals surface area contributed by atoms with E-state index in [1.807, 2.05) is 60.9 Å². The summed E-state index contributed by atoms with van der Waals surface area (Å²) in [6.07, 6.45) is 7.41. The van der Waals surface area contributed by atoms with Crippen LogP contribution in [0.5, 0.6) is 0 Å². The number of nitrogens with zero attached hydrogens (tertiary/aromatic N) is 1. The molecular weight excluding hydrogens is 298 g/mol. The molecule has 0 fully saturated rings. The highest BCUT2D eigenvalue weighted by molar-refractivity contribution is 5.79. The molecule has 0 unspecified atom stereocenters. The number of furan rings is 1. The van der Waals surface area contributed by atoms with Gasteiger partial charge in [-0.25, -0.2) is 0 Å². The Bertz CT molecular complexity index is 941. The van der Waals surface area contributed by atoms with Crippen LogP contribution in [-0.4, -0.2) is 4.57 Å². The van der Waals surface area contributed by atoms with E-state index in [1.165, 1.54) is 0 Å². The quantitative estimate of drug-likeness (QED) is 0.517. The van der Waals surface area contributed by atoms with Crippen molar-refractivity contribution in [3.8, 4) is 16.8 Å². The molecule has 0 saturated carbocycles. The van der Waals surface area contributed by atoms with Crippen molar-refractivity contribution in [2.75, 3.05) is 11.1 Å². The lowest BCUT2D eigenvalue weighted by atomic mass is 10.1. The third kappa shape index (κ3) is 2.77. The SMILES string of the molecule is Nc1cc(-c2ccoc2)ccc1Nc1cccc(-n2cccc2)c1. The molecule has 0 aliphatic rings. The summed E-state index contributed by atoms with van der Waals surface area (Å²) >= 11 is 0. The van der Waals surface area contributed by atoms with Crippen LogP contribution in [0.15, 0.2) is 90.0 Å². The Kier molecular flexibility index (Phi) is 3.56. The van der Waals surface area contributed by atoms with E-state index in [0.717, 1.165) is 28.2 Å². The van der Waals surface area contributed by atoms with Crippen molar-refractivity contribution in [2.45, 2.75) is 0 Å². The number of hydrogen-bond donors (Lipinski definition) is 2. The van der Waals surface area contributed by atoms with E-state index < -0.39 is 0 Å². The van der Waals surface area contributed by atoms with Gasteiger partial charge in [0.05, 0.1) is 23.9 Å². The number of nitrogen functional groups attached to an aromatic ring is 1. The second-order valence-electron chi connectivity index (χ2n) is 5.58. The maximum absolute atomic E-state index is 6.21. The lowest BCUT2D eigenvalue weighted by molar-refractivity contribution is 0.568. The number of anilines is 3. The molecule has 4 aromatic rings. The summed E-state index contributed by atoms with van der Waals surface area (Å²) < 4.78 is 7.19. The normalized spacial score (nSPS) is 10.7. The first kappa shape index (κ1) is 14.2. The molecule has 118 valence electrons. The number of nitrogens with one attached hydrogen (secondary N) is 1. The maximum atomic E-state index is 6.21. The molecule has 0 saturated heterocycles. The van der Waals surface area contributed by atoms with E-state index in [1.54, 1.807) is 12.5 Å². The molecule has 4 rings (SSSR count). The van der Waals surface area contributed by atoms with Crippen LogP contribution in [0.25, 0.3) is 16.8 Å². The molecule has 0 bridgehead atoms. The molecule has 0 radical (unpaired) electrons. The van der Waals surface area contributed by atoms with E-state index in [0.29, 0.717) is 5.69 Å². The zero-order valence-electron chi connectivity index (χ0n) is 13.0. The first-order chi connectivity index (χ1) is 11.8. The molecule has 2 aromatic carbocycles. The summed E-state index contributed by atoms with van der Waals surface area (Å²) in [5.41, 5.74) is 11.9. The predicted octanol–water partition coefficient (Wildman–Crippen LogP) is 5.06. The fourth-order valence-electron chi connectivity index (χ4n) is 2.69. The topological polar surface area (TPSA) is 56.1 Å². The fourth-order valence-corrected chi connectivity index (χ4v) is 2.69. The predicted molar refractivity (Wildman–Crippen MR) is 97.6 cm³/mol. The van der Waals surface area contributed by atoms with Crippen LogP contribution in [0, 0.1) is 0 Å². The van der Waals surface area contributed by atoms with Crippen LogP contribution in [0.4, 0.5) is 17.1 Å². The Hall–Kier alpha value is -3.40. The van der Waals surface area contributed by atoms with Gasteiger partial charge in [0, 0.05) is 29.3 Å². The Morgan fingerprint density at radius 1 is 0.875 bits per heavy atom. The standard InChI is InChI=1S/C20H17N3O/c21-19-12-15(16-8-11-24-14-16)6-7-20(19)22-17-4-3-5-18(13-17)23-9-1-2-10-23/h1-14,22H,21H2. The number of rotatable bonds is 4. The molecule has 2 heterocycles. The number of nitrogens with two attached hydrogens (primary N) is 1. The molecule has 0 aliphatic heterocycles. The highest BCUT2D eigenvalue weighted by atomic mass is 16.3. The molecule has 0 spiro atoms. The monoisotopic (exact) mass is 315 g/mol. The second kappa shape index (κ2) is 6.01. The van der Waals surface area contributed by atoms with E-state index in [2.05, 4.69) is 22.0 Å². The van der Waals surface area contributed by atoms with Crippen molar-refractivity contribution in [1.29, 1.82) is 0 Å². The largest absolute Gasteiger partial charge is 0.472 e. The van der Waals surface area contributed by atoms with Crippen LogP contribution >= 0.6 is 0 Å². The summed E-state index contributed by atoms with van der Waals surface area (Å²) in [5, 5.41) is 3.39. The second-order valence-corrected chi connectivity index (χ2v) is 5.58. The van der Waals surface area contributed by atoms with Crippen LogP contribution in [0.2, 0.25) is 0 Å². The van der Waals surface area contributed by atoms with Crippen molar-refractivity contribution in [2.24, 2.45) is 0 Å². The third-order valence-electron chi connectivity index (χ3n) is 3.93. The summed E-state index contributed by atoms with van der Waals surface area (Å²) in [5.74, 6) is 0. The van der Waals surface area contributed by atoms with Gasteiger partial charge in [-0.15, -0.1) is 0 Å². The van der Waals surface area contributed by atoms with Gasteiger partial charge in [-0.05, 0) is 54.1 Å². The lowest BCUT2D eigenvalue weighted by Crippen LogP contribution is -1.98. The molecule has 2 aromatic heterocycles. The summed E-state index contributed by atoms with van der Waals surface area (Å²) in [6, 6.07) is 20.1. The van der Waals surface area contributed by atoms with E-state index in [-0.39, 0.29) is 0 Å². The fraction of sp³-hybridized carbons (Fsp3) is 0. The van der Waals surface area contributed by atoms with E-state index in [4.69, 9.17) is 10.2 Å². The first-order valence-electron chi connectivity index (χ1n) is 7.72. The van der Waals surface area contributed by atoms with Gasteiger partial charge >= 0.3 is 0 Å². The van der Waals surface area contributed by atoms with Crippen molar-refractivity contribution in [3.05, 3.63) is 85.6 Å². The van der Waals surface area contributed by atoms with Crippen molar-refractivity contribution in [1.82, 2.24) is 4.57 Å². The maximum Gasteiger partial charge on any atom is 0.0980 e. The first-order valence-corrected chi connectivity index (χ1v) is 7.72. The minimum absolute atomic E-state index is 0.695. The van der Waals surface area contributed by atoms with Gasteiger partial charge in [0.2, 0.25) is 0 Å². The van der Waals surface area contributed by atoms with Crippen molar-refractivity contribution < 1.29 is 4.42 Å².